The Morgan fingerprint density at radius 3 is 2.43 bits per heavy atom. The molecule has 0 aromatic carbocycles. The number of nitrogens with one attached hydrogen (secondary N) is 2. The molecule has 0 heterocycles. The predicted molar refractivity (Wildman–Crippen MR) is 48.9 cm³/mol. The maximum Gasteiger partial charge on any atom is 0.321 e. The van der Waals surface area contributed by atoms with Crippen molar-refractivity contribution in [3.63, 3.8) is 0 Å². The van der Waals surface area contributed by atoms with Gasteiger partial charge in [0.1, 0.15) is 6.04 Å². The second kappa shape index (κ2) is 5.91. The van der Waals surface area contributed by atoms with Gasteiger partial charge in [-0.15, -0.1) is 0 Å². The maximum absolute atomic E-state index is 11.1. The Bertz CT molecular complexity index is 276. The number of carboxylic acid groups (broad SMARTS) is 1. The molecule has 0 spiro atoms. The third-order valence-corrected chi connectivity index (χ3v) is 2.61. The number of aliphatic hydroxyl groups is 1. The Labute approximate surface area is 82.3 Å². The molecule has 0 aromatic heterocycles. The van der Waals surface area contributed by atoms with Gasteiger partial charge in [-0.05, 0) is 6.42 Å². The molecule has 8 heteroatoms. The first-order valence-electron chi connectivity index (χ1n) is 4.03. The predicted octanol–water partition coefficient (Wildman–Crippen LogP) is -1.73. The summed E-state index contributed by atoms with van der Waals surface area (Å²) >= 11 is 0. The maximum atomic E-state index is 11.1. The summed E-state index contributed by atoms with van der Waals surface area (Å²) in [6.07, 6.45) is -0.167. The molecule has 0 fully saturated rings. The van der Waals surface area contributed by atoms with Crippen LogP contribution >= 0.6 is 0 Å². The molecule has 0 aliphatic heterocycles. The lowest BCUT2D eigenvalue weighted by atomic mass is 10.2. The Kier molecular flexibility index (Phi) is 5.62. The van der Waals surface area contributed by atoms with Crippen LogP contribution in [0, 0.1) is 0 Å². The number of aliphatic hydroxyl groups excluding tert-OH is 1. The molecule has 0 saturated heterocycles. The second-order valence-corrected chi connectivity index (χ2v) is 4.05. The van der Waals surface area contributed by atoms with Gasteiger partial charge in [-0.1, -0.05) is 6.92 Å². The monoisotopic (exact) mass is 226 g/mol. The zero-order chi connectivity index (χ0) is 11.2. The van der Waals surface area contributed by atoms with Crippen molar-refractivity contribution >= 4 is 16.2 Å². The van der Waals surface area contributed by atoms with Gasteiger partial charge in [0.05, 0.1) is 0 Å². The molecule has 0 unspecified atom stereocenters. The molecule has 0 amide bonds. The second-order valence-electron chi connectivity index (χ2n) is 2.52. The van der Waals surface area contributed by atoms with Gasteiger partial charge in [0.15, 0.2) is 0 Å². The average molecular weight is 226 g/mol. The van der Waals surface area contributed by atoms with Gasteiger partial charge in [-0.2, -0.15) is 13.1 Å². The molecule has 0 saturated carbocycles. The van der Waals surface area contributed by atoms with Gasteiger partial charge in [-0.3, -0.25) is 4.79 Å². The number of aliphatic carboxylic acids is 1. The SMILES string of the molecule is CCNS(=O)(=O)N[C@H](CCO)C(=O)O. The Morgan fingerprint density at radius 1 is 1.50 bits per heavy atom. The van der Waals surface area contributed by atoms with E-state index in [9.17, 15) is 13.2 Å². The van der Waals surface area contributed by atoms with Crippen molar-refractivity contribution in [2.24, 2.45) is 0 Å². The highest BCUT2D eigenvalue weighted by molar-refractivity contribution is 7.87. The van der Waals surface area contributed by atoms with E-state index in [-0.39, 0.29) is 13.0 Å². The molecule has 7 nitrogen and oxygen atoms in total. The fourth-order valence-corrected chi connectivity index (χ4v) is 1.84. The third-order valence-electron chi connectivity index (χ3n) is 1.35. The summed E-state index contributed by atoms with van der Waals surface area (Å²) in [5.41, 5.74) is 0. The smallest absolute Gasteiger partial charge is 0.321 e. The fraction of sp³-hybridized carbons (Fsp3) is 0.833. The molecule has 84 valence electrons. The fourth-order valence-electron chi connectivity index (χ4n) is 0.781. The number of hydrogen-bond donors (Lipinski definition) is 4. The normalized spacial score (nSPS) is 13.9. The van der Waals surface area contributed by atoms with Crippen molar-refractivity contribution < 1.29 is 23.4 Å². The van der Waals surface area contributed by atoms with Crippen LogP contribution in [0.1, 0.15) is 13.3 Å². The van der Waals surface area contributed by atoms with E-state index >= 15 is 0 Å². The summed E-state index contributed by atoms with van der Waals surface area (Å²) < 4.78 is 26.1. The molecule has 0 radical (unpaired) electrons. The molecule has 0 rings (SSSR count). The number of rotatable bonds is 7. The van der Waals surface area contributed by atoms with E-state index in [1.54, 1.807) is 6.92 Å². The van der Waals surface area contributed by atoms with E-state index in [1.165, 1.54) is 0 Å². The first kappa shape index (κ1) is 13.3. The van der Waals surface area contributed by atoms with Crippen LogP contribution in [0.4, 0.5) is 0 Å². The van der Waals surface area contributed by atoms with Gasteiger partial charge in [0.25, 0.3) is 10.2 Å². The standard InChI is InChI=1S/C6H14N2O5S/c1-2-7-14(12,13)8-5(3-4-9)6(10)11/h5,7-9H,2-4H2,1H3,(H,10,11)/t5-/m1/s1. The zero-order valence-corrected chi connectivity index (χ0v) is 8.54. The third kappa shape index (κ3) is 5.12. The van der Waals surface area contributed by atoms with Crippen LogP contribution < -0.4 is 9.44 Å². The molecule has 0 aromatic rings. The molecule has 0 aliphatic rings. The van der Waals surface area contributed by atoms with Gasteiger partial charge >= 0.3 is 5.97 Å². The highest BCUT2D eigenvalue weighted by Gasteiger charge is 2.22. The van der Waals surface area contributed by atoms with E-state index in [0.717, 1.165) is 0 Å². The average Bonchev–Trinajstić information content (AvgIpc) is 2.02. The Hall–Kier alpha value is -0.700. The van der Waals surface area contributed by atoms with Gasteiger partial charge in [0.2, 0.25) is 0 Å². The zero-order valence-electron chi connectivity index (χ0n) is 7.73. The van der Waals surface area contributed by atoms with Crippen molar-refractivity contribution in [2.45, 2.75) is 19.4 Å². The van der Waals surface area contributed by atoms with Crippen molar-refractivity contribution in [2.75, 3.05) is 13.2 Å². The number of hydrogen-bond acceptors (Lipinski definition) is 4. The molecule has 0 aliphatic carbocycles. The minimum atomic E-state index is -3.79. The summed E-state index contributed by atoms with van der Waals surface area (Å²) in [4.78, 5) is 10.5. The van der Waals surface area contributed by atoms with Gasteiger partial charge in [0, 0.05) is 13.2 Å². The molecular formula is C6H14N2O5S. The Morgan fingerprint density at radius 2 is 2.07 bits per heavy atom. The van der Waals surface area contributed by atoms with Crippen LogP contribution in [0.15, 0.2) is 0 Å². The van der Waals surface area contributed by atoms with Crippen LogP contribution in [-0.4, -0.2) is 43.8 Å². The largest absolute Gasteiger partial charge is 0.480 e. The topological polar surface area (TPSA) is 116 Å². The lowest BCUT2D eigenvalue weighted by molar-refractivity contribution is -0.139. The lowest BCUT2D eigenvalue weighted by Gasteiger charge is -2.13. The Balaban J connectivity index is 4.36. The molecule has 0 bridgehead atoms. The van der Waals surface area contributed by atoms with Gasteiger partial charge < -0.3 is 10.2 Å². The van der Waals surface area contributed by atoms with Crippen LogP contribution in [-0.2, 0) is 15.0 Å². The van der Waals surface area contributed by atoms with E-state index in [4.69, 9.17) is 10.2 Å². The van der Waals surface area contributed by atoms with Crippen molar-refractivity contribution in [3.8, 4) is 0 Å². The van der Waals surface area contributed by atoms with Crippen molar-refractivity contribution in [1.82, 2.24) is 9.44 Å². The summed E-state index contributed by atoms with van der Waals surface area (Å²) in [6, 6.07) is -1.30. The quantitative estimate of drug-likeness (QED) is 0.411. The summed E-state index contributed by atoms with van der Waals surface area (Å²) in [6.45, 7) is 1.34. The number of carboxylic acids is 1. The van der Waals surface area contributed by atoms with E-state index in [1.807, 2.05) is 4.72 Å². The van der Waals surface area contributed by atoms with Crippen molar-refractivity contribution in [1.29, 1.82) is 0 Å². The van der Waals surface area contributed by atoms with Crippen LogP contribution in [0.2, 0.25) is 0 Å². The van der Waals surface area contributed by atoms with E-state index in [2.05, 4.69) is 4.72 Å². The molecule has 4 N–H and O–H groups in total. The van der Waals surface area contributed by atoms with Crippen LogP contribution in [0.25, 0.3) is 0 Å². The minimum Gasteiger partial charge on any atom is -0.480 e. The highest BCUT2D eigenvalue weighted by Crippen LogP contribution is 1.93. The summed E-state index contributed by atoms with van der Waals surface area (Å²) in [5, 5.41) is 17.1. The molecular weight excluding hydrogens is 212 g/mol. The highest BCUT2D eigenvalue weighted by atomic mass is 32.2. The minimum absolute atomic E-state index is 0.167. The van der Waals surface area contributed by atoms with Crippen molar-refractivity contribution in [3.05, 3.63) is 0 Å². The van der Waals surface area contributed by atoms with Gasteiger partial charge in [-0.25, -0.2) is 4.72 Å². The first-order valence-corrected chi connectivity index (χ1v) is 5.51. The molecule has 1 atom stereocenters. The summed E-state index contributed by atoms with van der Waals surface area (Å²) in [7, 11) is -3.79. The number of carbonyl (C=O) groups is 1. The lowest BCUT2D eigenvalue weighted by Crippen LogP contribution is -2.46. The molecule has 14 heavy (non-hydrogen) atoms. The van der Waals surface area contributed by atoms with Crippen LogP contribution in [0.5, 0.6) is 0 Å². The first-order chi connectivity index (χ1) is 6.43. The van der Waals surface area contributed by atoms with Crippen LogP contribution in [0.3, 0.4) is 0 Å². The van der Waals surface area contributed by atoms with E-state index in [0.29, 0.717) is 0 Å². The van der Waals surface area contributed by atoms with E-state index < -0.39 is 28.8 Å². The summed E-state index contributed by atoms with van der Waals surface area (Å²) in [5.74, 6) is -1.32.